The smallest absolute Gasteiger partial charge is 0.349 e. The highest BCUT2D eigenvalue weighted by Gasteiger charge is 2.21. The minimum Gasteiger partial charge on any atom is -0.493 e. The van der Waals surface area contributed by atoms with Gasteiger partial charge in [-0.2, -0.15) is 4.98 Å². The Morgan fingerprint density at radius 2 is 1.85 bits per heavy atom. The summed E-state index contributed by atoms with van der Waals surface area (Å²) >= 11 is 0. The van der Waals surface area contributed by atoms with Crippen molar-refractivity contribution in [2.75, 3.05) is 32.6 Å². The molecule has 0 aliphatic carbocycles. The summed E-state index contributed by atoms with van der Waals surface area (Å²) in [4.78, 5) is 16.7. The van der Waals surface area contributed by atoms with Crippen LogP contribution in [-0.4, -0.2) is 36.9 Å². The van der Waals surface area contributed by atoms with Gasteiger partial charge in [-0.3, -0.25) is 4.57 Å². The Hall–Kier alpha value is -2.54. The summed E-state index contributed by atoms with van der Waals surface area (Å²) < 4.78 is 12.6. The first-order valence-corrected chi connectivity index (χ1v) is 9.58. The van der Waals surface area contributed by atoms with Crippen LogP contribution in [0, 0.1) is 0 Å². The van der Waals surface area contributed by atoms with Gasteiger partial charge in [0.15, 0.2) is 11.5 Å². The predicted molar refractivity (Wildman–Crippen MR) is 105 cm³/mol. The number of rotatable bonds is 9. The van der Waals surface area contributed by atoms with Gasteiger partial charge in [0.25, 0.3) is 0 Å². The van der Waals surface area contributed by atoms with Crippen molar-refractivity contribution in [3.63, 3.8) is 0 Å². The van der Waals surface area contributed by atoms with Crippen molar-refractivity contribution >= 4 is 5.82 Å². The molecule has 1 aliphatic heterocycles. The van der Waals surface area contributed by atoms with E-state index in [2.05, 4.69) is 16.0 Å². The van der Waals surface area contributed by atoms with E-state index in [9.17, 15) is 4.79 Å². The Labute approximate surface area is 159 Å². The molecular formula is C20H29N4O3+. The van der Waals surface area contributed by atoms with E-state index in [1.54, 1.807) is 18.8 Å². The molecule has 0 bridgehead atoms. The quantitative estimate of drug-likeness (QED) is 0.653. The molecule has 0 spiro atoms. The average molecular weight is 373 g/mol. The molecule has 1 aliphatic rings. The van der Waals surface area contributed by atoms with E-state index in [4.69, 9.17) is 9.47 Å². The lowest BCUT2D eigenvalue weighted by Crippen LogP contribution is -2.50. The van der Waals surface area contributed by atoms with Crippen LogP contribution in [0.15, 0.2) is 23.0 Å². The van der Waals surface area contributed by atoms with Crippen molar-refractivity contribution < 1.29 is 15.2 Å². The van der Waals surface area contributed by atoms with Crippen LogP contribution in [0.4, 0.5) is 5.82 Å². The van der Waals surface area contributed by atoms with Crippen LogP contribution >= 0.6 is 0 Å². The van der Waals surface area contributed by atoms with Crippen molar-refractivity contribution in [2.24, 2.45) is 0 Å². The molecule has 0 fully saturated rings. The summed E-state index contributed by atoms with van der Waals surface area (Å²) in [5, 5.41) is 3.30. The zero-order chi connectivity index (χ0) is 19.2. The van der Waals surface area contributed by atoms with Gasteiger partial charge >= 0.3 is 5.69 Å². The molecule has 1 aromatic carbocycles. The molecule has 2 aromatic rings. The molecule has 2 heterocycles. The van der Waals surface area contributed by atoms with Crippen molar-refractivity contribution in [1.29, 1.82) is 0 Å². The second kappa shape index (κ2) is 8.90. The summed E-state index contributed by atoms with van der Waals surface area (Å²) in [5.74, 6) is 2.00. The fourth-order valence-electron chi connectivity index (χ4n) is 3.51. The molecule has 0 saturated heterocycles. The molecule has 7 nitrogen and oxygen atoms in total. The van der Waals surface area contributed by atoms with E-state index < -0.39 is 0 Å². The van der Waals surface area contributed by atoms with Crippen molar-refractivity contribution in [3.8, 4) is 22.8 Å². The Kier molecular flexibility index (Phi) is 6.34. The fourth-order valence-corrected chi connectivity index (χ4v) is 3.51. The number of anilines is 1. The van der Waals surface area contributed by atoms with Gasteiger partial charge < -0.3 is 20.5 Å². The molecule has 0 atom stereocenters. The summed E-state index contributed by atoms with van der Waals surface area (Å²) in [6, 6.07) is 5.90. The van der Waals surface area contributed by atoms with Crippen molar-refractivity contribution in [2.45, 2.75) is 38.6 Å². The highest BCUT2D eigenvalue weighted by Crippen LogP contribution is 2.38. The first-order chi connectivity index (χ1) is 13.2. The molecule has 0 saturated carbocycles. The summed E-state index contributed by atoms with van der Waals surface area (Å²) in [6.07, 6.45) is 5.35. The second-order valence-electron chi connectivity index (χ2n) is 6.77. The van der Waals surface area contributed by atoms with Crippen molar-refractivity contribution in [3.05, 3.63) is 34.2 Å². The maximum atomic E-state index is 12.5. The number of aryl methyl sites for hydroxylation is 1. The van der Waals surface area contributed by atoms with E-state index >= 15 is 0 Å². The standard InChI is InChI=1S/C20H28N4O3/c1-26-17-11-14-7-10-24-16(15(14)12-18(17)27-2)13-19(23-20(24)25)22-9-6-4-3-5-8-21/h11-13H,3-10,21H2,1-2H3,(H,22,23,25)/p+1. The van der Waals surface area contributed by atoms with Gasteiger partial charge in [-0.25, -0.2) is 4.79 Å². The molecule has 27 heavy (non-hydrogen) atoms. The highest BCUT2D eigenvalue weighted by molar-refractivity contribution is 5.71. The van der Waals surface area contributed by atoms with Gasteiger partial charge in [-0.15, -0.1) is 0 Å². The van der Waals surface area contributed by atoms with Gasteiger partial charge in [0.05, 0.1) is 26.5 Å². The number of methoxy groups -OCH3 is 2. The van der Waals surface area contributed by atoms with Crippen LogP contribution in [0.5, 0.6) is 11.5 Å². The summed E-state index contributed by atoms with van der Waals surface area (Å²) in [5.41, 5.74) is 6.67. The third kappa shape index (κ3) is 4.24. The van der Waals surface area contributed by atoms with E-state index in [1.807, 2.05) is 18.2 Å². The molecule has 4 N–H and O–H groups in total. The van der Waals surface area contributed by atoms with Crippen LogP contribution in [0.2, 0.25) is 0 Å². The van der Waals surface area contributed by atoms with E-state index in [-0.39, 0.29) is 5.69 Å². The monoisotopic (exact) mass is 373 g/mol. The Bertz CT molecular complexity index is 848. The molecular weight excluding hydrogens is 344 g/mol. The maximum Gasteiger partial charge on any atom is 0.349 e. The Morgan fingerprint density at radius 3 is 2.59 bits per heavy atom. The molecule has 0 unspecified atom stereocenters. The van der Waals surface area contributed by atoms with Crippen molar-refractivity contribution in [1.82, 2.24) is 9.55 Å². The number of nitrogens with one attached hydrogen (secondary N) is 1. The minimum absolute atomic E-state index is 0.215. The van der Waals surface area contributed by atoms with Gasteiger partial charge in [-0.05, 0) is 43.4 Å². The molecule has 3 rings (SSSR count). The minimum atomic E-state index is -0.215. The third-order valence-corrected chi connectivity index (χ3v) is 4.98. The lowest BCUT2D eigenvalue weighted by molar-refractivity contribution is -0.368. The van der Waals surface area contributed by atoms with Crippen LogP contribution in [0.25, 0.3) is 11.3 Å². The van der Waals surface area contributed by atoms with E-state index in [1.165, 1.54) is 12.8 Å². The predicted octanol–water partition coefficient (Wildman–Crippen LogP) is 1.70. The van der Waals surface area contributed by atoms with Gasteiger partial charge in [0.2, 0.25) is 0 Å². The number of hydrogen-bond donors (Lipinski definition) is 2. The van der Waals surface area contributed by atoms with Crippen LogP contribution < -0.4 is 26.2 Å². The number of ether oxygens (including phenoxy) is 2. The van der Waals surface area contributed by atoms with Gasteiger partial charge in [0, 0.05) is 24.7 Å². The summed E-state index contributed by atoms with van der Waals surface area (Å²) in [7, 11) is 3.25. The largest absolute Gasteiger partial charge is 0.493 e. The van der Waals surface area contributed by atoms with Crippen LogP contribution in [0.1, 0.15) is 31.2 Å². The molecule has 7 heteroatoms. The number of aromatic nitrogens is 2. The fraction of sp³-hybridized carbons (Fsp3) is 0.500. The van der Waals surface area contributed by atoms with E-state index in [0.29, 0.717) is 23.9 Å². The average Bonchev–Trinajstić information content (AvgIpc) is 2.69. The molecule has 146 valence electrons. The normalized spacial score (nSPS) is 12.3. The number of fused-ring (bicyclic) bond motifs is 3. The molecule has 0 amide bonds. The lowest BCUT2D eigenvalue weighted by Gasteiger charge is -2.23. The maximum absolute atomic E-state index is 12.5. The topological polar surface area (TPSA) is 93.0 Å². The highest BCUT2D eigenvalue weighted by atomic mass is 16.5. The third-order valence-electron chi connectivity index (χ3n) is 4.98. The second-order valence-corrected chi connectivity index (χ2v) is 6.77. The number of unbranched alkanes of at least 4 members (excludes halogenated alkanes) is 3. The van der Waals surface area contributed by atoms with E-state index in [0.717, 1.165) is 49.2 Å². The van der Waals surface area contributed by atoms with Gasteiger partial charge in [-0.1, -0.05) is 6.42 Å². The number of quaternary nitrogens is 1. The Morgan fingerprint density at radius 1 is 1.11 bits per heavy atom. The number of benzene rings is 1. The Balaban J connectivity index is 1.84. The number of hydrogen-bond acceptors (Lipinski definition) is 5. The first kappa shape index (κ1) is 19.2. The first-order valence-electron chi connectivity index (χ1n) is 9.58. The zero-order valence-corrected chi connectivity index (χ0v) is 16.2. The zero-order valence-electron chi connectivity index (χ0n) is 16.2. The summed E-state index contributed by atoms with van der Waals surface area (Å²) in [6.45, 7) is 2.42. The lowest BCUT2D eigenvalue weighted by atomic mass is 9.97. The molecule has 1 aromatic heterocycles. The van der Waals surface area contributed by atoms with Gasteiger partial charge in [0.1, 0.15) is 5.82 Å². The van der Waals surface area contributed by atoms with Crippen LogP contribution in [0.3, 0.4) is 0 Å². The molecule has 0 radical (unpaired) electrons. The van der Waals surface area contributed by atoms with Crippen LogP contribution in [-0.2, 0) is 13.0 Å². The number of nitrogens with zero attached hydrogens (tertiary/aromatic N) is 2. The SMILES string of the molecule is COc1cc2c(cc1OC)-c1cc(NCCCCCC[NH3+])nc(=O)n1CC2.